The molecule has 5 rings (SSSR count). The van der Waals surface area contributed by atoms with Crippen molar-refractivity contribution in [1.29, 1.82) is 0 Å². The molecule has 0 bridgehead atoms. The van der Waals surface area contributed by atoms with Gasteiger partial charge in [0.25, 0.3) is 0 Å². The molecule has 9 atom stereocenters. The van der Waals surface area contributed by atoms with E-state index in [1.165, 1.54) is 77.0 Å². The third kappa shape index (κ3) is 3.52. The molecule has 1 N–H and O–H groups in total. The lowest BCUT2D eigenvalue weighted by Crippen LogP contribution is -2.55. The fourth-order valence-electron chi connectivity index (χ4n) is 9.92. The van der Waals surface area contributed by atoms with Crippen molar-refractivity contribution in [1.82, 2.24) is 0 Å². The number of aliphatic hydroxyl groups is 1. The second-order valence-electron chi connectivity index (χ2n) is 14.3. The van der Waals surface area contributed by atoms with E-state index in [1.807, 2.05) is 0 Å². The molecule has 0 heterocycles. The van der Waals surface area contributed by atoms with E-state index in [4.69, 9.17) is 0 Å². The van der Waals surface area contributed by atoms with Crippen LogP contribution in [-0.4, -0.2) is 10.7 Å². The smallest absolute Gasteiger partial charge is 0.0622 e. The highest BCUT2D eigenvalue weighted by Gasteiger charge is 2.61. The van der Waals surface area contributed by atoms with Gasteiger partial charge in [-0.05, 0) is 136 Å². The maximum atomic E-state index is 10.7. The van der Waals surface area contributed by atoms with Gasteiger partial charge in [-0.15, -0.1) is 0 Å². The Bertz CT molecular complexity index is 647. The summed E-state index contributed by atoms with van der Waals surface area (Å²) in [6, 6.07) is 0. The van der Waals surface area contributed by atoms with Crippen LogP contribution < -0.4 is 0 Å². The first-order valence-electron chi connectivity index (χ1n) is 13.8. The van der Waals surface area contributed by atoms with Crippen LogP contribution >= 0.6 is 0 Å². The van der Waals surface area contributed by atoms with Gasteiger partial charge in [-0.1, -0.05) is 40.5 Å². The summed E-state index contributed by atoms with van der Waals surface area (Å²) in [5.74, 6) is 5.59. The van der Waals surface area contributed by atoms with Crippen LogP contribution in [0.25, 0.3) is 0 Å². The summed E-state index contributed by atoms with van der Waals surface area (Å²) < 4.78 is 0. The highest BCUT2D eigenvalue weighted by Crippen LogP contribution is 2.69. The monoisotopic (exact) mass is 414 g/mol. The summed E-state index contributed by atoms with van der Waals surface area (Å²) in [5, 5.41) is 10.7. The van der Waals surface area contributed by atoms with Crippen LogP contribution in [-0.2, 0) is 0 Å². The van der Waals surface area contributed by atoms with E-state index in [-0.39, 0.29) is 0 Å². The lowest BCUT2D eigenvalue weighted by Gasteiger charge is -2.62. The second-order valence-corrected chi connectivity index (χ2v) is 14.3. The SMILES string of the molecule is C[C@H](CCCC1(C)CC1)[C@H]1CC[C@H]2[C@@H]3CC[C@H]4C[C@@](C)(O)CC[C@]4(C)[C@H]3CC[C@]12C. The molecular formula is C29H50O. The molecule has 0 saturated heterocycles. The van der Waals surface area contributed by atoms with Crippen molar-refractivity contribution in [3.63, 3.8) is 0 Å². The summed E-state index contributed by atoms with van der Waals surface area (Å²) in [4.78, 5) is 0. The predicted molar refractivity (Wildman–Crippen MR) is 126 cm³/mol. The quantitative estimate of drug-likeness (QED) is 0.483. The molecule has 5 aliphatic carbocycles. The van der Waals surface area contributed by atoms with Crippen LogP contribution in [0.5, 0.6) is 0 Å². The summed E-state index contributed by atoms with van der Waals surface area (Å²) in [7, 11) is 0. The van der Waals surface area contributed by atoms with E-state index >= 15 is 0 Å². The van der Waals surface area contributed by atoms with Gasteiger partial charge in [0.05, 0.1) is 5.60 Å². The van der Waals surface area contributed by atoms with Crippen LogP contribution in [0.2, 0.25) is 0 Å². The van der Waals surface area contributed by atoms with E-state index in [0.29, 0.717) is 10.8 Å². The minimum Gasteiger partial charge on any atom is -0.390 e. The number of hydrogen-bond donors (Lipinski definition) is 1. The Hall–Kier alpha value is -0.0400. The van der Waals surface area contributed by atoms with E-state index in [2.05, 4.69) is 34.6 Å². The topological polar surface area (TPSA) is 20.2 Å². The molecule has 1 heteroatoms. The molecule has 0 amide bonds. The van der Waals surface area contributed by atoms with Crippen molar-refractivity contribution in [2.45, 2.75) is 130 Å². The van der Waals surface area contributed by atoms with E-state index < -0.39 is 5.60 Å². The second kappa shape index (κ2) is 7.23. The van der Waals surface area contributed by atoms with Crippen molar-refractivity contribution < 1.29 is 5.11 Å². The van der Waals surface area contributed by atoms with Crippen molar-refractivity contribution in [2.24, 2.45) is 51.8 Å². The normalized spacial score (nSPS) is 52.8. The maximum absolute atomic E-state index is 10.7. The maximum Gasteiger partial charge on any atom is 0.0622 e. The van der Waals surface area contributed by atoms with Crippen LogP contribution in [0, 0.1) is 51.8 Å². The van der Waals surface area contributed by atoms with Gasteiger partial charge in [0.15, 0.2) is 0 Å². The average molecular weight is 415 g/mol. The summed E-state index contributed by atoms with van der Waals surface area (Å²) in [5.41, 5.74) is 1.47. The van der Waals surface area contributed by atoms with Crippen LogP contribution in [0.3, 0.4) is 0 Å². The van der Waals surface area contributed by atoms with Crippen molar-refractivity contribution in [3.8, 4) is 0 Å². The van der Waals surface area contributed by atoms with E-state index in [0.717, 1.165) is 53.8 Å². The third-order valence-corrected chi connectivity index (χ3v) is 12.3. The highest BCUT2D eigenvalue weighted by atomic mass is 16.3. The molecule has 0 aliphatic heterocycles. The molecule has 30 heavy (non-hydrogen) atoms. The molecule has 0 radical (unpaired) electrons. The largest absolute Gasteiger partial charge is 0.390 e. The van der Waals surface area contributed by atoms with Crippen LogP contribution in [0.4, 0.5) is 0 Å². The van der Waals surface area contributed by atoms with Gasteiger partial charge in [-0.3, -0.25) is 0 Å². The Morgan fingerprint density at radius 3 is 2.27 bits per heavy atom. The van der Waals surface area contributed by atoms with Gasteiger partial charge in [0, 0.05) is 0 Å². The van der Waals surface area contributed by atoms with Crippen molar-refractivity contribution >= 4 is 0 Å². The Morgan fingerprint density at radius 1 is 0.800 bits per heavy atom. The highest BCUT2D eigenvalue weighted by molar-refractivity contribution is 5.10. The van der Waals surface area contributed by atoms with E-state index in [1.54, 1.807) is 0 Å². The van der Waals surface area contributed by atoms with Gasteiger partial charge >= 0.3 is 0 Å². The predicted octanol–water partition coefficient (Wildman–Crippen LogP) is 8.00. The first kappa shape index (κ1) is 21.8. The molecule has 0 aromatic rings. The average Bonchev–Trinajstić information content (AvgIpc) is 3.29. The lowest BCUT2D eigenvalue weighted by atomic mass is 9.43. The summed E-state index contributed by atoms with van der Waals surface area (Å²) in [6.07, 6.45) is 19.6. The van der Waals surface area contributed by atoms with Crippen LogP contribution in [0.15, 0.2) is 0 Å². The van der Waals surface area contributed by atoms with Crippen molar-refractivity contribution in [2.75, 3.05) is 0 Å². The van der Waals surface area contributed by atoms with Gasteiger partial charge in [-0.25, -0.2) is 0 Å². The molecule has 0 spiro atoms. The molecule has 1 nitrogen and oxygen atoms in total. The molecule has 5 saturated carbocycles. The van der Waals surface area contributed by atoms with Crippen LogP contribution in [0.1, 0.15) is 125 Å². The van der Waals surface area contributed by atoms with Gasteiger partial charge < -0.3 is 5.11 Å². The Kier molecular flexibility index (Phi) is 5.25. The lowest BCUT2D eigenvalue weighted by molar-refractivity contribution is -0.148. The molecule has 5 fully saturated rings. The standard InChI is InChI=1S/C29H50O/c1-20(7-6-13-26(2)15-16-26)23-10-11-24-22-9-8-21-19-27(3,30)17-18-28(21,4)25(22)12-14-29(23,24)5/h20-25,30H,6-19H2,1-5H3/t20-,21+,22+,23-,24+,25+,27+,28+,29-/m1/s1. The first-order valence-corrected chi connectivity index (χ1v) is 13.8. The number of rotatable bonds is 5. The fraction of sp³-hybridized carbons (Fsp3) is 1.00. The molecule has 172 valence electrons. The zero-order chi connectivity index (χ0) is 21.4. The van der Waals surface area contributed by atoms with Crippen molar-refractivity contribution in [3.05, 3.63) is 0 Å². The summed E-state index contributed by atoms with van der Waals surface area (Å²) >= 11 is 0. The molecule has 5 aliphatic rings. The van der Waals surface area contributed by atoms with E-state index in [9.17, 15) is 5.11 Å². The fourth-order valence-corrected chi connectivity index (χ4v) is 9.92. The minimum absolute atomic E-state index is 0.397. The summed E-state index contributed by atoms with van der Waals surface area (Å²) in [6.45, 7) is 12.6. The Morgan fingerprint density at radius 2 is 1.53 bits per heavy atom. The molecule has 0 aromatic carbocycles. The third-order valence-electron chi connectivity index (χ3n) is 12.3. The molecular weight excluding hydrogens is 364 g/mol. The number of fused-ring (bicyclic) bond motifs is 5. The first-order chi connectivity index (χ1) is 14.1. The zero-order valence-corrected chi connectivity index (χ0v) is 20.8. The van der Waals surface area contributed by atoms with Gasteiger partial charge in [-0.2, -0.15) is 0 Å². The molecule has 0 aromatic heterocycles. The Balaban J connectivity index is 1.27. The zero-order valence-electron chi connectivity index (χ0n) is 20.8. The van der Waals surface area contributed by atoms with Gasteiger partial charge in [0.1, 0.15) is 0 Å². The Labute approximate surface area is 187 Å². The minimum atomic E-state index is -0.397. The number of hydrogen-bond acceptors (Lipinski definition) is 1. The van der Waals surface area contributed by atoms with Gasteiger partial charge in [0.2, 0.25) is 0 Å². The molecule has 0 unspecified atom stereocenters.